The molecular weight excluding hydrogens is 458 g/mol. The van der Waals surface area contributed by atoms with Crippen LogP contribution in [-0.4, -0.2) is 31.7 Å². The lowest BCUT2D eigenvalue weighted by atomic mass is 10.1. The van der Waals surface area contributed by atoms with E-state index in [4.69, 9.17) is 0 Å². The van der Waals surface area contributed by atoms with Gasteiger partial charge in [0.25, 0.3) is 0 Å². The summed E-state index contributed by atoms with van der Waals surface area (Å²) in [6.07, 6.45) is 0. The minimum Gasteiger partial charge on any atom is -0.326 e. The van der Waals surface area contributed by atoms with Crippen LogP contribution in [0.2, 0.25) is 0 Å². The highest BCUT2D eigenvalue weighted by Gasteiger charge is 2.23. The Morgan fingerprint density at radius 3 is 2.06 bits per heavy atom. The Morgan fingerprint density at radius 2 is 1.47 bits per heavy atom. The molecule has 3 aromatic carbocycles. The Hall–Kier alpha value is -3.85. The SMILES string of the molecule is CC(=O)Nc1ccc(C(=O)C(C)Sc2nnc(-c3ccc(F)cc3)n2-c2ccc(F)cc2)cc1. The van der Waals surface area contributed by atoms with E-state index < -0.39 is 5.25 Å². The number of carbonyl (C=O) groups is 2. The highest BCUT2D eigenvalue weighted by Crippen LogP contribution is 2.31. The van der Waals surface area contributed by atoms with Gasteiger partial charge in [0.1, 0.15) is 11.6 Å². The summed E-state index contributed by atoms with van der Waals surface area (Å²) in [5.74, 6) is -0.652. The number of hydrogen-bond acceptors (Lipinski definition) is 5. The van der Waals surface area contributed by atoms with Crippen LogP contribution in [0.5, 0.6) is 0 Å². The molecule has 1 atom stereocenters. The average Bonchev–Trinajstić information content (AvgIpc) is 3.23. The molecule has 1 aromatic heterocycles. The summed E-state index contributed by atoms with van der Waals surface area (Å²) in [7, 11) is 0. The molecule has 0 radical (unpaired) electrons. The van der Waals surface area contributed by atoms with Gasteiger partial charge in [0.2, 0.25) is 5.91 Å². The molecular formula is C25H20F2N4O2S. The van der Waals surface area contributed by atoms with E-state index in [2.05, 4.69) is 15.5 Å². The van der Waals surface area contributed by atoms with Gasteiger partial charge in [0.15, 0.2) is 16.8 Å². The summed E-state index contributed by atoms with van der Waals surface area (Å²) in [6, 6.07) is 18.3. The third-order valence-corrected chi connectivity index (χ3v) is 6.00. The second kappa shape index (κ2) is 9.96. The van der Waals surface area contributed by atoms with Gasteiger partial charge in [-0.15, -0.1) is 10.2 Å². The number of benzene rings is 3. The van der Waals surface area contributed by atoms with Crippen molar-refractivity contribution in [2.45, 2.75) is 24.3 Å². The van der Waals surface area contributed by atoms with Gasteiger partial charge in [-0.3, -0.25) is 14.2 Å². The van der Waals surface area contributed by atoms with E-state index in [9.17, 15) is 18.4 Å². The van der Waals surface area contributed by atoms with Crippen LogP contribution in [0, 0.1) is 11.6 Å². The van der Waals surface area contributed by atoms with Gasteiger partial charge in [-0.05, 0) is 79.7 Å². The molecule has 0 aliphatic rings. The molecule has 0 aliphatic heterocycles. The fourth-order valence-corrected chi connectivity index (χ4v) is 4.27. The number of anilines is 1. The summed E-state index contributed by atoms with van der Waals surface area (Å²) < 4.78 is 28.7. The first kappa shape index (κ1) is 23.3. The number of ketones is 1. The van der Waals surface area contributed by atoms with Crippen molar-refractivity contribution in [1.82, 2.24) is 14.8 Å². The van der Waals surface area contributed by atoms with Gasteiger partial charge in [-0.1, -0.05) is 11.8 Å². The first-order chi connectivity index (χ1) is 16.3. The molecule has 6 nitrogen and oxygen atoms in total. The Bertz CT molecular complexity index is 1320. The van der Waals surface area contributed by atoms with Crippen LogP contribution in [-0.2, 0) is 4.79 Å². The molecule has 1 unspecified atom stereocenters. The van der Waals surface area contributed by atoms with Crippen LogP contribution in [0.15, 0.2) is 78.0 Å². The fraction of sp³-hybridized carbons (Fsp3) is 0.120. The number of Topliss-reactive ketones (excluding diaryl/α,β-unsaturated/α-hetero) is 1. The first-order valence-electron chi connectivity index (χ1n) is 10.4. The zero-order valence-corrected chi connectivity index (χ0v) is 19.1. The molecule has 1 heterocycles. The monoisotopic (exact) mass is 478 g/mol. The maximum Gasteiger partial charge on any atom is 0.221 e. The third-order valence-electron chi connectivity index (χ3n) is 4.96. The van der Waals surface area contributed by atoms with Crippen molar-refractivity contribution < 1.29 is 18.4 Å². The zero-order valence-electron chi connectivity index (χ0n) is 18.3. The van der Waals surface area contributed by atoms with Crippen molar-refractivity contribution in [1.29, 1.82) is 0 Å². The lowest BCUT2D eigenvalue weighted by molar-refractivity contribution is -0.114. The minimum atomic E-state index is -0.518. The Balaban J connectivity index is 1.64. The van der Waals surface area contributed by atoms with E-state index in [0.29, 0.717) is 33.5 Å². The number of amides is 1. The predicted molar refractivity (Wildman–Crippen MR) is 127 cm³/mol. The number of halogens is 2. The van der Waals surface area contributed by atoms with E-state index in [-0.39, 0.29) is 23.3 Å². The third kappa shape index (κ3) is 5.20. The Morgan fingerprint density at radius 1 is 0.882 bits per heavy atom. The van der Waals surface area contributed by atoms with Crippen molar-refractivity contribution in [3.63, 3.8) is 0 Å². The zero-order chi connectivity index (χ0) is 24.2. The van der Waals surface area contributed by atoms with E-state index in [0.717, 1.165) is 0 Å². The number of rotatable bonds is 7. The first-order valence-corrected chi connectivity index (χ1v) is 11.3. The van der Waals surface area contributed by atoms with Gasteiger partial charge in [0, 0.05) is 29.4 Å². The summed E-state index contributed by atoms with van der Waals surface area (Å²) in [4.78, 5) is 24.2. The molecule has 9 heteroatoms. The molecule has 172 valence electrons. The highest BCUT2D eigenvalue weighted by molar-refractivity contribution is 8.00. The number of aromatic nitrogens is 3. The van der Waals surface area contributed by atoms with E-state index in [1.54, 1.807) is 60.0 Å². The molecule has 0 saturated heterocycles. The van der Waals surface area contributed by atoms with Crippen LogP contribution in [0.3, 0.4) is 0 Å². The minimum absolute atomic E-state index is 0.128. The van der Waals surface area contributed by atoms with Crippen molar-refractivity contribution in [2.75, 3.05) is 5.32 Å². The maximum atomic E-state index is 13.5. The number of carbonyl (C=O) groups excluding carboxylic acids is 2. The summed E-state index contributed by atoms with van der Waals surface area (Å²) in [5.41, 5.74) is 2.32. The molecule has 0 spiro atoms. The molecule has 34 heavy (non-hydrogen) atoms. The average molecular weight is 479 g/mol. The van der Waals surface area contributed by atoms with E-state index in [1.807, 2.05) is 0 Å². The van der Waals surface area contributed by atoms with Crippen LogP contribution >= 0.6 is 11.8 Å². The molecule has 1 N–H and O–H groups in total. The highest BCUT2D eigenvalue weighted by atomic mass is 32.2. The van der Waals surface area contributed by atoms with Crippen LogP contribution in [0.1, 0.15) is 24.2 Å². The van der Waals surface area contributed by atoms with Crippen LogP contribution in [0.25, 0.3) is 17.1 Å². The van der Waals surface area contributed by atoms with Crippen LogP contribution < -0.4 is 5.32 Å². The lowest BCUT2D eigenvalue weighted by Crippen LogP contribution is -2.15. The molecule has 1 amide bonds. The molecule has 0 fully saturated rings. The number of hydrogen-bond donors (Lipinski definition) is 1. The van der Waals surface area contributed by atoms with Crippen molar-refractivity contribution in [3.05, 3.63) is 90.0 Å². The second-order valence-electron chi connectivity index (χ2n) is 7.51. The van der Waals surface area contributed by atoms with Gasteiger partial charge >= 0.3 is 0 Å². The van der Waals surface area contributed by atoms with Crippen LogP contribution in [0.4, 0.5) is 14.5 Å². The topological polar surface area (TPSA) is 76.9 Å². The lowest BCUT2D eigenvalue weighted by Gasteiger charge is -2.14. The fourth-order valence-electron chi connectivity index (χ4n) is 3.32. The summed E-state index contributed by atoms with van der Waals surface area (Å²) >= 11 is 1.21. The van der Waals surface area contributed by atoms with Gasteiger partial charge < -0.3 is 5.32 Å². The normalized spacial score (nSPS) is 11.8. The standard InChI is InChI=1S/C25H20F2N4O2S/c1-15(23(33)17-5-11-21(12-6-17)28-16(2)32)34-25-30-29-24(18-3-7-19(26)8-4-18)31(25)22-13-9-20(27)10-14-22/h3-15H,1-2H3,(H,28,32). The van der Waals surface area contributed by atoms with Crippen molar-refractivity contribution in [3.8, 4) is 17.1 Å². The number of nitrogens with zero attached hydrogens (tertiary/aromatic N) is 3. The van der Waals surface area contributed by atoms with Crippen molar-refractivity contribution >= 4 is 29.1 Å². The largest absolute Gasteiger partial charge is 0.326 e. The second-order valence-corrected chi connectivity index (χ2v) is 8.82. The molecule has 4 aromatic rings. The summed E-state index contributed by atoms with van der Waals surface area (Å²) in [6.45, 7) is 3.17. The molecule has 0 aliphatic carbocycles. The van der Waals surface area contributed by atoms with E-state index in [1.165, 1.54) is 43.0 Å². The summed E-state index contributed by atoms with van der Waals surface area (Å²) in [5, 5.41) is 11.1. The maximum absolute atomic E-state index is 13.5. The smallest absolute Gasteiger partial charge is 0.221 e. The molecule has 0 saturated carbocycles. The number of thioether (sulfide) groups is 1. The van der Waals surface area contributed by atoms with Gasteiger partial charge in [-0.2, -0.15) is 0 Å². The van der Waals surface area contributed by atoms with Gasteiger partial charge in [-0.25, -0.2) is 8.78 Å². The van der Waals surface area contributed by atoms with E-state index >= 15 is 0 Å². The number of nitrogens with one attached hydrogen (secondary N) is 1. The Labute approximate surface area is 199 Å². The quantitative estimate of drug-likeness (QED) is 0.279. The molecule has 0 bridgehead atoms. The van der Waals surface area contributed by atoms with Gasteiger partial charge in [0.05, 0.1) is 5.25 Å². The van der Waals surface area contributed by atoms with Crippen molar-refractivity contribution in [2.24, 2.45) is 0 Å². The predicted octanol–water partition coefficient (Wildman–Crippen LogP) is 5.53. The molecule has 4 rings (SSSR count). The Kier molecular flexibility index (Phi) is 6.83.